The van der Waals surface area contributed by atoms with Crippen LogP contribution in [0.3, 0.4) is 0 Å². The van der Waals surface area contributed by atoms with Crippen LogP contribution < -0.4 is 0 Å². The summed E-state index contributed by atoms with van der Waals surface area (Å²) in [6, 6.07) is 0. The first-order valence-electron chi connectivity index (χ1n) is 7.48. The predicted molar refractivity (Wildman–Crippen MR) is 68.5 cm³/mol. The maximum absolute atomic E-state index is 10.9. The summed E-state index contributed by atoms with van der Waals surface area (Å²) in [6.45, 7) is 0. The van der Waals surface area contributed by atoms with Gasteiger partial charge < -0.3 is 0 Å². The first-order chi connectivity index (χ1) is 8.53. The zero-order valence-corrected chi connectivity index (χ0v) is 11.5. The Balaban J connectivity index is 1.49. The van der Waals surface area contributed by atoms with Gasteiger partial charge in [0.1, 0.15) is 0 Å². The minimum absolute atomic E-state index is 0.0215. The summed E-state index contributed by atoms with van der Waals surface area (Å²) in [4.78, 5) is 0. The Morgan fingerprint density at radius 3 is 2.39 bits per heavy atom. The molecule has 7 unspecified atom stereocenters. The van der Waals surface area contributed by atoms with E-state index < -0.39 is 10.1 Å². The maximum Gasteiger partial charge on any atom is 0.264 e. The molecular weight excluding hydrogens is 248 g/mol. The molecule has 4 heteroatoms. The van der Waals surface area contributed by atoms with E-state index in [1.54, 1.807) is 0 Å². The first-order valence-corrected chi connectivity index (χ1v) is 9.09. The van der Waals surface area contributed by atoms with Gasteiger partial charge in [0, 0.05) is 0 Å². The summed E-state index contributed by atoms with van der Waals surface area (Å²) < 4.78 is 30.7. The Bertz CT molecular complexity index is 458. The standard InChI is InChI=1S/C14H22O3S/c15-18(16,17)4-3-8-5-11-7-12(8)14-10-2-1-9(6-10)13(11)14/h8-14H,1-7H2,(H,15,16,17). The molecule has 0 amide bonds. The van der Waals surface area contributed by atoms with Gasteiger partial charge in [0.2, 0.25) is 0 Å². The van der Waals surface area contributed by atoms with Gasteiger partial charge in [-0.05, 0) is 80.0 Å². The highest BCUT2D eigenvalue weighted by Crippen LogP contribution is 2.69. The Labute approximate surface area is 109 Å². The van der Waals surface area contributed by atoms with Crippen molar-refractivity contribution in [3.63, 3.8) is 0 Å². The third-order valence-corrected chi connectivity index (χ3v) is 7.37. The number of rotatable bonds is 3. The zero-order valence-electron chi connectivity index (χ0n) is 10.7. The van der Waals surface area contributed by atoms with Gasteiger partial charge in [0.05, 0.1) is 5.75 Å². The lowest BCUT2D eigenvalue weighted by atomic mass is 9.67. The van der Waals surface area contributed by atoms with Gasteiger partial charge in [0.25, 0.3) is 10.1 Å². The summed E-state index contributed by atoms with van der Waals surface area (Å²) in [5.74, 6) is 6.13. The summed E-state index contributed by atoms with van der Waals surface area (Å²) in [5.41, 5.74) is 0. The van der Waals surface area contributed by atoms with Crippen molar-refractivity contribution in [1.82, 2.24) is 0 Å². The summed E-state index contributed by atoms with van der Waals surface area (Å²) in [6.07, 6.45) is 7.65. The molecule has 4 bridgehead atoms. The van der Waals surface area contributed by atoms with Crippen LogP contribution in [0.25, 0.3) is 0 Å². The average molecular weight is 270 g/mol. The lowest BCUT2D eigenvalue weighted by molar-refractivity contribution is 0.103. The normalized spacial score (nSPS) is 53.1. The molecule has 0 aromatic carbocycles. The lowest BCUT2D eigenvalue weighted by Crippen LogP contribution is -2.33. The molecule has 7 atom stereocenters. The first kappa shape index (κ1) is 11.7. The molecule has 0 spiro atoms. The van der Waals surface area contributed by atoms with E-state index in [2.05, 4.69) is 0 Å². The molecule has 0 radical (unpaired) electrons. The molecule has 18 heavy (non-hydrogen) atoms. The van der Waals surface area contributed by atoms with Crippen molar-refractivity contribution in [1.29, 1.82) is 0 Å². The highest BCUT2D eigenvalue weighted by atomic mass is 32.2. The Hall–Kier alpha value is -0.0900. The fourth-order valence-electron chi connectivity index (χ4n) is 6.33. The summed E-state index contributed by atoms with van der Waals surface area (Å²) in [7, 11) is -3.76. The average Bonchev–Trinajstić information content (AvgIpc) is 3.02. The highest BCUT2D eigenvalue weighted by Gasteiger charge is 2.61. The van der Waals surface area contributed by atoms with Crippen LogP contribution in [0.15, 0.2) is 0 Å². The fraction of sp³-hybridized carbons (Fsp3) is 1.00. The van der Waals surface area contributed by atoms with Gasteiger partial charge in [-0.15, -0.1) is 0 Å². The largest absolute Gasteiger partial charge is 0.286 e. The Kier molecular flexibility index (Phi) is 2.42. The van der Waals surface area contributed by atoms with Crippen LogP contribution in [0.1, 0.15) is 38.5 Å². The Morgan fingerprint density at radius 1 is 0.944 bits per heavy atom. The van der Waals surface area contributed by atoms with E-state index in [-0.39, 0.29) is 5.75 Å². The molecule has 3 nitrogen and oxygen atoms in total. The second-order valence-corrected chi connectivity index (χ2v) is 8.79. The van der Waals surface area contributed by atoms with Crippen LogP contribution in [-0.2, 0) is 10.1 Å². The minimum Gasteiger partial charge on any atom is -0.286 e. The maximum atomic E-state index is 10.9. The fourth-order valence-corrected chi connectivity index (χ4v) is 6.94. The van der Waals surface area contributed by atoms with Crippen molar-refractivity contribution in [3.05, 3.63) is 0 Å². The molecule has 0 aromatic rings. The van der Waals surface area contributed by atoms with E-state index in [1.165, 1.54) is 32.1 Å². The second kappa shape index (κ2) is 3.72. The number of hydrogen-bond acceptors (Lipinski definition) is 2. The molecular formula is C14H22O3S. The van der Waals surface area contributed by atoms with Crippen molar-refractivity contribution in [3.8, 4) is 0 Å². The van der Waals surface area contributed by atoms with Gasteiger partial charge in [-0.1, -0.05) is 0 Å². The van der Waals surface area contributed by atoms with Crippen molar-refractivity contribution in [2.45, 2.75) is 38.5 Å². The van der Waals surface area contributed by atoms with E-state index in [4.69, 9.17) is 4.55 Å². The third-order valence-electron chi connectivity index (χ3n) is 6.62. The van der Waals surface area contributed by atoms with E-state index in [1.807, 2.05) is 0 Å². The highest BCUT2D eigenvalue weighted by molar-refractivity contribution is 7.85. The van der Waals surface area contributed by atoms with E-state index in [0.29, 0.717) is 12.3 Å². The van der Waals surface area contributed by atoms with Gasteiger partial charge >= 0.3 is 0 Å². The van der Waals surface area contributed by atoms with Crippen LogP contribution >= 0.6 is 0 Å². The van der Waals surface area contributed by atoms with Crippen LogP contribution in [0.4, 0.5) is 0 Å². The zero-order chi connectivity index (χ0) is 12.5. The molecule has 4 saturated carbocycles. The van der Waals surface area contributed by atoms with Gasteiger partial charge in [0.15, 0.2) is 0 Å². The Morgan fingerprint density at radius 2 is 1.67 bits per heavy atom. The molecule has 0 saturated heterocycles. The van der Waals surface area contributed by atoms with Crippen molar-refractivity contribution in [2.24, 2.45) is 41.4 Å². The van der Waals surface area contributed by atoms with Crippen LogP contribution in [-0.4, -0.2) is 18.7 Å². The molecule has 0 aromatic heterocycles. The quantitative estimate of drug-likeness (QED) is 0.633. The SMILES string of the molecule is O=S(=O)(O)CCC1CC2CC1C1C3CCC(C3)C21. The van der Waals surface area contributed by atoms with Gasteiger partial charge in [-0.25, -0.2) is 0 Å². The summed E-state index contributed by atoms with van der Waals surface area (Å²) >= 11 is 0. The van der Waals surface area contributed by atoms with Crippen molar-refractivity contribution >= 4 is 10.1 Å². The van der Waals surface area contributed by atoms with E-state index in [0.717, 1.165) is 35.5 Å². The molecule has 4 aliphatic carbocycles. The molecule has 1 N–H and O–H groups in total. The molecule has 4 rings (SSSR count). The topological polar surface area (TPSA) is 54.4 Å². The van der Waals surface area contributed by atoms with Crippen LogP contribution in [0, 0.1) is 41.4 Å². The number of hydrogen-bond donors (Lipinski definition) is 1. The molecule has 0 heterocycles. The minimum atomic E-state index is -3.76. The molecule has 4 fully saturated rings. The smallest absolute Gasteiger partial charge is 0.264 e. The van der Waals surface area contributed by atoms with Gasteiger partial charge in [-0.2, -0.15) is 8.42 Å². The van der Waals surface area contributed by atoms with Crippen LogP contribution in [0.5, 0.6) is 0 Å². The number of fused-ring (bicyclic) bond motifs is 9. The van der Waals surface area contributed by atoms with Gasteiger partial charge in [-0.3, -0.25) is 4.55 Å². The molecule has 0 aliphatic heterocycles. The van der Waals surface area contributed by atoms with Crippen molar-refractivity contribution in [2.75, 3.05) is 5.75 Å². The molecule has 102 valence electrons. The monoisotopic (exact) mass is 270 g/mol. The van der Waals surface area contributed by atoms with Crippen molar-refractivity contribution < 1.29 is 13.0 Å². The van der Waals surface area contributed by atoms with E-state index in [9.17, 15) is 8.42 Å². The summed E-state index contributed by atoms with van der Waals surface area (Å²) in [5, 5.41) is 0. The second-order valence-electron chi connectivity index (χ2n) is 7.22. The van der Waals surface area contributed by atoms with Crippen LogP contribution in [0.2, 0.25) is 0 Å². The molecule has 4 aliphatic rings. The third kappa shape index (κ3) is 1.61. The van der Waals surface area contributed by atoms with E-state index >= 15 is 0 Å². The lowest BCUT2D eigenvalue weighted by Gasteiger charge is -2.38. The predicted octanol–water partition coefficient (Wildman–Crippen LogP) is 2.58.